The van der Waals surface area contributed by atoms with E-state index in [0.29, 0.717) is 12.2 Å². The molecule has 3 aromatic rings. The number of nitrogens with one attached hydrogen (secondary N) is 1. The lowest BCUT2D eigenvalue weighted by Gasteiger charge is -2.35. The highest BCUT2D eigenvalue weighted by Gasteiger charge is 2.36. The molecule has 1 aliphatic rings. The number of nitrogens with zero attached hydrogens (tertiary/aromatic N) is 2. The number of aryl methyl sites for hydroxylation is 1. The summed E-state index contributed by atoms with van der Waals surface area (Å²) in [6.45, 7) is 1.94. The third kappa shape index (κ3) is 3.00. The molecule has 8 heteroatoms. The Morgan fingerprint density at radius 1 is 1.18 bits per heavy atom. The van der Waals surface area contributed by atoms with E-state index >= 15 is 0 Å². The highest BCUT2D eigenvalue weighted by atomic mass is 32.2. The second kappa shape index (κ2) is 6.88. The Hall–Kier alpha value is -2.97. The smallest absolute Gasteiger partial charge is 0.222 e. The van der Waals surface area contributed by atoms with Crippen LogP contribution in [0.4, 0.5) is 10.2 Å². The van der Waals surface area contributed by atoms with Gasteiger partial charge < -0.3 is 10.7 Å². The quantitative estimate of drug-likeness (QED) is 0.658. The van der Waals surface area contributed by atoms with Gasteiger partial charge in [0, 0.05) is 6.42 Å². The molecule has 2 heterocycles. The van der Waals surface area contributed by atoms with Crippen molar-refractivity contribution in [2.75, 3.05) is 4.90 Å². The normalized spacial score (nSPS) is 16.6. The van der Waals surface area contributed by atoms with Crippen molar-refractivity contribution in [3.05, 3.63) is 82.5 Å². The Morgan fingerprint density at radius 3 is 2.57 bits per heavy atom. The minimum Gasteiger partial charge on any atom is -0.329 e. The lowest BCUT2D eigenvalue weighted by molar-refractivity contribution is 0.594. The lowest BCUT2D eigenvalue weighted by atomic mass is 10.0. The van der Waals surface area contributed by atoms with Crippen molar-refractivity contribution in [2.45, 2.75) is 24.4 Å². The van der Waals surface area contributed by atoms with Crippen LogP contribution in [0.3, 0.4) is 0 Å². The van der Waals surface area contributed by atoms with Gasteiger partial charge in [0.1, 0.15) is 28.7 Å². The summed E-state index contributed by atoms with van der Waals surface area (Å²) >= 11 is 0. The number of sulfone groups is 1. The molecule has 4 rings (SSSR count). The number of hydrogen-bond acceptors (Lipinski definition) is 5. The zero-order chi connectivity index (χ0) is 19.9. The van der Waals surface area contributed by atoms with Crippen molar-refractivity contribution in [3.8, 4) is 0 Å². The van der Waals surface area contributed by atoms with Crippen LogP contribution in [0.25, 0.3) is 6.08 Å². The maximum atomic E-state index is 13.4. The number of aromatic nitrogens is 2. The van der Waals surface area contributed by atoms with Crippen molar-refractivity contribution in [2.24, 2.45) is 5.73 Å². The van der Waals surface area contributed by atoms with Crippen LogP contribution in [0.15, 0.2) is 64.7 Å². The van der Waals surface area contributed by atoms with E-state index < -0.39 is 21.8 Å². The van der Waals surface area contributed by atoms with Crippen LogP contribution >= 0.6 is 0 Å². The molecule has 144 valence electrons. The molecule has 0 saturated heterocycles. The summed E-state index contributed by atoms with van der Waals surface area (Å²) in [6.07, 6.45) is 3.10. The second-order valence-corrected chi connectivity index (χ2v) is 8.35. The summed E-state index contributed by atoms with van der Waals surface area (Å²) in [5.74, 6) is 0.701. The molecule has 28 heavy (non-hydrogen) atoms. The van der Waals surface area contributed by atoms with E-state index in [0.717, 1.165) is 29.1 Å². The maximum Gasteiger partial charge on any atom is 0.222 e. The largest absolute Gasteiger partial charge is 0.329 e. The Balaban J connectivity index is 1.92. The molecule has 0 aliphatic carbocycles. The van der Waals surface area contributed by atoms with Crippen LogP contribution in [0.2, 0.25) is 0 Å². The fraction of sp³-hybridized carbons (Fsp3) is 0.150. The van der Waals surface area contributed by atoms with Crippen molar-refractivity contribution in [1.29, 1.82) is 0 Å². The van der Waals surface area contributed by atoms with Gasteiger partial charge in [0.15, 0.2) is 0 Å². The van der Waals surface area contributed by atoms with Crippen LogP contribution in [0.5, 0.6) is 0 Å². The van der Waals surface area contributed by atoms with E-state index in [1.54, 1.807) is 12.3 Å². The van der Waals surface area contributed by atoms with Gasteiger partial charge in [-0.15, -0.1) is 0 Å². The number of nitrogens with two attached hydrogens (primary N) is 1. The Labute approximate surface area is 162 Å². The average molecular weight is 398 g/mol. The van der Waals surface area contributed by atoms with E-state index in [1.165, 1.54) is 17.0 Å². The van der Waals surface area contributed by atoms with E-state index in [9.17, 15) is 12.8 Å². The molecule has 2 aromatic carbocycles. The molecule has 0 fully saturated rings. The molecule has 6 nitrogen and oxygen atoms in total. The van der Waals surface area contributed by atoms with Crippen LogP contribution < -0.4 is 10.6 Å². The standard InChI is InChI=1S/C20H19FN4O2S/c1-2-17-23-12-18(24-17)25-19(11-13-5-3-4-6-16(13)20(25)22)28(26,27)15-9-7-14(21)8-10-15/h3-12,20H,2,22H2,1H3,(H,23,24). The zero-order valence-corrected chi connectivity index (χ0v) is 15.9. The first-order valence-electron chi connectivity index (χ1n) is 8.82. The molecule has 0 radical (unpaired) electrons. The SMILES string of the molecule is CCc1ncc(N2C(S(=O)(=O)c3ccc(F)cc3)=Cc3ccccc3C2N)[nH]1. The van der Waals surface area contributed by atoms with Gasteiger partial charge in [-0.1, -0.05) is 31.2 Å². The molecule has 1 aliphatic heterocycles. The van der Waals surface area contributed by atoms with E-state index in [1.807, 2.05) is 31.2 Å². The van der Waals surface area contributed by atoms with Gasteiger partial charge in [-0.05, 0) is 41.5 Å². The fourth-order valence-electron chi connectivity index (χ4n) is 3.25. The molecule has 3 N–H and O–H groups in total. The van der Waals surface area contributed by atoms with Crippen molar-refractivity contribution >= 4 is 21.7 Å². The predicted molar refractivity (Wildman–Crippen MR) is 105 cm³/mol. The average Bonchev–Trinajstić information content (AvgIpc) is 3.17. The number of benzene rings is 2. The van der Waals surface area contributed by atoms with Crippen LogP contribution in [-0.4, -0.2) is 18.4 Å². The van der Waals surface area contributed by atoms with Gasteiger partial charge in [0.05, 0.1) is 11.1 Å². The summed E-state index contributed by atoms with van der Waals surface area (Å²) in [6, 6.07) is 12.1. The van der Waals surface area contributed by atoms with E-state index in [2.05, 4.69) is 9.97 Å². The number of aromatic amines is 1. The Bertz CT molecular complexity index is 1150. The number of anilines is 1. The monoisotopic (exact) mass is 398 g/mol. The van der Waals surface area contributed by atoms with Gasteiger partial charge in [-0.3, -0.25) is 4.90 Å². The van der Waals surface area contributed by atoms with Crippen molar-refractivity contribution in [3.63, 3.8) is 0 Å². The van der Waals surface area contributed by atoms with E-state index in [-0.39, 0.29) is 9.92 Å². The van der Waals surface area contributed by atoms with Crippen LogP contribution in [0, 0.1) is 5.82 Å². The third-order valence-electron chi connectivity index (χ3n) is 4.72. The summed E-state index contributed by atoms with van der Waals surface area (Å²) in [7, 11) is -3.96. The maximum absolute atomic E-state index is 13.4. The lowest BCUT2D eigenvalue weighted by Crippen LogP contribution is -2.39. The molecule has 0 bridgehead atoms. The van der Waals surface area contributed by atoms with Gasteiger partial charge in [-0.2, -0.15) is 0 Å². The topological polar surface area (TPSA) is 92.1 Å². The van der Waals surface area contributed by atoms with Crippen molar-refractivity contribution in [1.82, 2.24) is 9.97 Å². The Kier molecular flexibility index (Phi) is 4.52. The summed E-state index contributed by atoms with van der Waals surface area (Å²) in [5.41, 5.74) is 8.00. The number of hydrogen-bond donors (Lipinski definition) is 2. The van der Waals surface area contributed by atoms with Crippen LogP contribution in [-0.2, 0) is 16.3 Å². The number of imidazole rings is 1. The van der Waals surface area contributed by atoms with Crippen molar-refractivity contribution < 1.29 is 12.8 Å². The molecular formula is C20H19FN4O2S. The fourth-order valence-corrected chi connectivity index (χ4v) is 4.74. The van der Waals surface area contributed by atoms with E-state index in [4.69, 9.17) is 5.73 Å². The molecule has 0 amide bonds. The molecule has 1 aromatic heterocycles. The molecule has 1 unspecified atom stereocenters. The summed E-state index contributed by atoms with van der Waals surface area (Å²) in [5, 5.41) is 0.0108. The number of halogens is 1. The zero-order valence-electron chi connectivity index (χ0n) is 15.1. The predicted octanol–water partition coefficient (Wildman–Crippen LogP) is 3.36. The first kappa shape index (κ1) is 18.4. The third-order valence-corrected chi connectivity index (χ3v) is 6.48. The van der Waals surface area contributed by atoms with Gasteiger partial charge in [-0.25, -0.2) is 17.8 Å². The number of rotatable bonds is 4. The highest BCUT2D eigenvalue weighted by Crippen LogP contribution is 2.38. The minimum atomic E-state index is -3.96. The molecule has 0 spiro atoms. The summed E-state index contributed by atoms with van der Waals surface area (Å²) in [4.78, 5) is 8.92. The Morgan fingerprint density at radius 2 is 1.89 bits per heavy atom. The number of H-pyrrole nitrogens is 1. The minimum absolute atomic E-state index is 0.00744. The van der Waals surface area contributed by atoms with Crippen LogP contribution in [0.1, 0.15) is 30.0 Å². The molecule has 1 atom stereocenters. The van der Waals surface area contributed by atoms with Gasteiger partial charge in [0.25, 0.3) is 0 Å². The van der Waals surface area contributed by atoms with Gasteiger partial charge >= 0.3 is 0 Å². The first-order chi connectivity index (χ1) is 13.4. The van der Waals surface area contributed by atoms with Gasteiger partial charge in [0.2, 0.25) is 9.84 Å². The highest BCUT2D eigenvalue weighted by molar-refractivity contribution is 7.95. The molecular weight excluding hydrogens is 379 g/mol. The molecule has 0 saturated carbocycles. The second-order valence-electron chi connectivity index (χ2n) is 6.45. The number of fused-ring (bicyclic) bond motifs is 1. The summed E-state index contributed by atoms with van der Waals surface area (Å²) < 4.78 is 40.1. The first-order valence-corrected chi connectivity index (χ1v) is 10.3.